The van der Waals surface area contributed by atoms with Gasteiger partial charge in [0.2, 0.25) is 5.88 Å². The number of rotatable bonds is 5. The number of ether oxygens (including phenoxy) is 2. The van der Waals surface area contributed by atoms with Crippen LogP contribution in [0.3, 0.4) is 0 Å². The lowest BCUT2D eigenvalue weighted by molar-refractivity contribution is 0.0995. The Morgan fingerprint density at radius 1 is 1.00 bits per heavy atom. The highest BCUT2D eigenvalue weighted by Crippen LogP contribution is 2.25. The van der Waals surface area contributed by atoms with Gasteiger partial charge in [-0.3, -0.25) is 4.79 Å². The third-order valence-electron chi connectivity index (χ3n) is 3.33. The van der Waals surface area contributed by atoms with Crippen LogP contribution in [0.25, 0.3) is 11.4 Å². The Bertz CT molecular complexity index is 896. The van der Waals surface area contributed by atoms with Crippen molar-refractivity contribution in [1.29, 1.82) is 0 Å². The summed E-state index contributed by atoms with van der Waals surface area (Å²) in [6, 6.07) is 14.0. The fourth-order valence-corrected chi connectivity index (χ4v) is 2.10. The van der Waals surface area contributed by atoms with E-state index < -0.39 is 5.91 Å². The summed E-state index contributed by atoms with van der Waals surface area (Å²) in [6.07, 6.45) is 0. The van der Waals surface area contributed by atoms with Crippen molar-refractivity contribution in [2.24, 2.45) is 5.73 Å². The first kappa shape index (κ1) is 16.4. The lowest BCUT2D eigenvalue weighted by atomic mass is 10.2. The molecule has 2 N–H and O–H groups in total. The molecule has 6 nitrogen and oxygen atoms in total. The van der Waals surface area contributed by atoms with Gasteiger partial charge in [-0.2, -0.15) is 4.98 Å². The summed E-state index contributed by atoms with van der Waals surface area (Å²) < 4.78 is 23.6. The first-order valence-electron chi connectivity index (χ1n) is 7.32. The first-order valence-corrected chi connectivity index (χ1v) is 7.32. The van der Waals surface area contributed by atoms with Crippen molar-refractivity contribution >= 4 is 5.91 Å². The second-order valence-corrected chi connectivity index (χ2v) is 5.06. The van der Waals surface area contributed by atoms with Crippen molar-refractivity contribution in [2.45, 2.75) is 0 Å². The first-order chi connectivity index (χ1) is 12.0. The molecule has 1 aromatic heterocycles. The number of nitrogens with two attached hydrogens (primary N) is 1. The van der Waals surface area contributed by atoms with E-state index in [0.29, 0.717) is 22.9 Å². The van der Waals surface area contributed by atoms with Crippen LogP contribution in [0.2, 0.25) is 0 Å². The van der Waals surface area contributed by atoms with Crippen molar-refractivity contribution in [3.63, 3.8) is 0 Å². The molecular weight excluding hydrogens is 325 g/mol. The molecule has 25 heavy (non-hydrogen) atoms. The maximum Gasteiger partial charge on any atom is 0.267 e. The van der Waals surface area contributed by atoms with E-state index in [-0.39, 0.29) is 17.4 Å². The molecule has 0 aliphatic carbocycles. The number of benzene rings is 2. The van der Waals surface area contributed by atoms with Gasteiger partial charge in [-0.1, -0.05) is 0 Å². The molecule has 1 amide bonds. The third-order valence-corrected chi connectivity index (χ3v) is 3.33. The Morgan fingerprint density at radius 3 is 2.16 bits per heavy atom. The molecule has 0 saturated heterocycles. The zero-order chi connectivity index (χ0) is 17.8. The molecule has 2 aromatic carbocycles. The van der Waals surface area contributed by atoms with E-state index in [1.807, 2.05) is 0 Å². The van der Waals surface area contributed by atoms with E-state index >= 15 is 0 Å². The number of primary amides is 1. The Labute approximate surface area is 143 Å². The van der Waals surface area contributed by atoms with Crippen LogP contribution in [-0.4, -0.2) is 23.0 Å². The van der Waals surface area contributed by atoms with E-state index in [1.165, 1.54) is 37.4 Å². The minimum atomic E-state index is -0.668. The van der Waals surface area contributed by atoms with Crippen molar-refractivity contribution in [3.8, 4) is 28.8 Å². The Balaban J connectivity index is 1.85. The predicted octanol–water partition coefficient (Wildman–Crippen LogP) is 3.18. The van der Waals surface area contributed by atoms with E-state index in [9.17, 15) is 9.18 Å². The predicted molar refractivity (Wildman–Crippen MR) is 89.0 cm³/mol. The maximum atomic E-state index is 12.9. The number of aromatic nitrogens is 2. The molecule has 0 atom stereocenters. The van der Waals surface area contributed by atoms with Gasteiger partial charge in [-0.05, 0) is 48.5 Å². The fraction of sp³-hybridized carbons (Fsp3) is 0.0556. The van der Waals surface area contributed by atoms with Crippen molar-refractivity contribution in [1.82, 2.24) is 9.97 Å². The van der Waals surface area contributed by atoms with Crippen molar-refractivity contribution < 1.29 is 18.7 Å². The Hall–Kier alpha value is -3.48. The summed E-state index contributed by atoms with van der Waals surface area (Å²) in [5.41, 5.74) is 6.00. The zero-order valence-electron chi connectivity index (χ0n) is 13.3. The van der Waals surface area contributed by atoms with Gasteiger partial charge in [0.15, 0.2) is 5.82 Å². The van der Waals surface area contributed by atoms with Crippen LogP contribution in [0.15, 0.2) is 54.6 Å². The van der Waals surface area contributed by atoms with Crippen LogP contribution in [0, 0.1) is 5.82 Å². The molecule has 0 saturated carbocycles. The number of halogens is 1. The second kappa shape index (κ2) is 6.96. The van der Waals surface area contributed by atoms with E-state index in [2.05, 4.69) is 9.97 Å². The molecule has 0 fully saturated rings. The van der Waals surface area contributed by atoms with Gasteiger partial charge in [-0.15, -0.1) is 0 Å². The average Bonchev–Trinajstić information content (AvgIpc) is 2.64. The summed E-state index contributed by atoms with van der Waals surface area (Å²) in [5, 5.41) is 0. The Morgan fingerprint density at radius 2 is 1.60 bits per heavy atom. The number of amides is 1. The average molecular weight is 339 g/mol. The normalized spacial score (nSPS) is 10.3. The molecule has 0 unspecified atom stereocenters. The Kier molecular flexibility index (Phi) is 4.56. The minimum absolute atomic E-state index is 0.0634. The van der Waals surface area contributed by atoms with Crippen LogP contribution >= 0.6 is 0 Å². The van der Waals surface area contributed by atoms with Gasteiger partial charge in [0, 0.05) is 11.6 Å². The summed E-state index contributed by atoms with van der Waals surface area (Å²) in [4.78, 5) is 19.7. The van der Waals surface area contributed by atoms with Crippen molar-refractivity contribution in [2.75, 3.05) is 7.11 Å². The topological polar surface area (TPSA) is 87.3 Å². The lowest BCUT2D eigenvalue weighted by Crippen LogP contribution is -2.14. The van der Waals surface area contributed by atoms with Gasteiger partial charge in [0.1, 0.15) is 23.0 Å². The molecular formula is C18H14FN3O3. The molecule has 3 rings (SSSR count). The van der Waals surface area contributed by atoms with Crippen LogP contribution in [-0.2, 0) is 0 Å². The van der Waals surface area contributed by atoms with Gasteiger partial charge >= 0.3 is 0 Å². The standard InChI is InChI=1S/C18H14FN3O3/c1-24-16-10-15(17(20)23)21-18(22-16)11-2-6-13(7-3-11)25-14-8-4-12(19)5-9-14/h2-10H,1H3,(H2,20,23). The molecule has 126 valence electrons. The second-order valence-electron chi connectivity index (χ2n) is 5.06. The van der Waals surface area contributed by atoms with Crippen LogP contribution in [0.5, 0.6) is 17.4 Å². The lowest BCUT2D eigenvalue weighted by Gasteiger charge is -2.08. The van der Waals surface area contributed by atoms with E-state index in [1.54, 1.807) is 24.3 Å². The number of methoxy groups -OCH3 is 1. The molecule has 0 bridgehead atoms. The molecule has 3 aromatic rings. The van der Waals surface area contributed by atoms with Crippen LogP contribution in [0.4, 0.5) is 4.39 Å². The summed E-state index contributed by atoms with van der Waals surface area (Å²) >= 11 is 0. The molecule has 0 aliphatic rings. The number of carbonyl (C=O) groups is 1. The van der Waals surface area contributed by atoms with Gasteiger partial charge in [-0.25, -0.2) is 9.37 Å². The molecule has 0 radical (unpaired) electrons. The van der Waals surface area contributed by atoms with Gasteiger partial charge < -0.3 is 15.2 Å². The smallest absolute Gasteiger partial charge is 0.267 e. The highest BCUT2D eigenvalue weighted by molar-refractivity contribution is 5.91. The zero-order valence-corrected chi connectivity index (χ0v) is 13.3. The number of nitrogens with zero attached hydrogens (tertiary/aromatic N) is 2. The highest BCUT2D eigenvalue weighted by atomic mass is 19.1. The minimum Gasteiger partial charge on any atom is -0.481 e. The maximum absolute atomic E-state index is 12.9. The van der Waals surface area contributed by atoms with Crippen molar-refractivity contribution in [3.05, 3.63) is 66.1 Å². The van der Waals surface area contributed by atoms with Gasteiger partial charge in [0.25, 0.3) is 5.91 Å². The monoisotopic (exact) mass is 339 g/mol. The van der Waals surface area contributed by atoms with Crippen LogP contribution in [0.1, 0.15) is 10.5 Å². The van der Waals surface area contributed by atoms with Crippen LogP contribution < -0.4 is 15.2 Å². The molecule has 1 heterocycles. The quantitative estimate of drug-likeness (QED) is 0.771. The van der Waals surface area contributed by atoms with E-state index in [4.69, 9.17) is 15.2 Å². The summed E-state index contributed by atoms with van der Waals surface area (Å²) in [7, 11) is 1.44. The van der Waals surface area contributed by atoms with Gasteiger partial charge in [0.05, 0.1) is 7.11 Å². The number of hydrogen-bond acceptors (Lipinski definition) is 5. The molecule has 0 aliphatic heterocycles. The highest BCUT2D eigenvalue weighted by Gasteiger charge is 2.11. The largest absolute Gasteiger partial charge is 0.481 e. The number of carbonyl (C=O) groups excluding carboxylic acids is 1. The SMILES string of the molecule is COc1cc(C(N)=O)nc(-c2ccc(Oc3ccc(F)cc3)cc2)n1. The van der Waals surface area contributed by atoms with E-state index in [0.717, 1.165) is 0 Å². The summed E-state index contributed by atoms with van der Waals surface area (Å²) in [5.74, 6) is 0.629. The molecule has 0 spiro atoms. The third kappa shape index (κ3) is 3.89. The fourth-order valence-electron chi connectivity index (χ4n) is 2.10. The number of hydrogen-bond donors (Lipinski definition) is 1. The summed E-state index contributed by atoms with van der Waals surface area (Å²) in [6.45, 7) is 0. The molecule has 7 heteroatoms.